The Morgan fingerprint density at radius 1 is 1.30 bits per heavy atom. The molecule has 0 spiro atoms. The summed E-state index contributed by atoms with van der Waals surface area (Å²) in [7, 11) is 0. The van der Waals surface area contributed by atoms with Gasteiger partial charge in [0.15, 0.2) is 5.82 Å². The number of carboxylic acid groups (broad SMARTS) is 1. The van der Waals surface area contributed by atoms with Crippen molar-refractivity contribution in [2.75, 3.05) is 6.61 Å². The van der Waals surface area contributed by atoms with Crippen molar-refractivity contribution in [2.24, 2.45) is 5.92 Å². The van der Waals surface area contributed by atoms with Crippen LogP contribution in [-0.2, 0) is 10.3 Å². The van der Waals surface area contributed by atoms with Crippen LogP contribution in [0.4, 0.5) is 0 Å². The summed E-state index contributed by atoms with van der Waals surface area (Å²) in [4.78, 5) is 26.3. The minimum Gasteiger partial charge on any atom is -0.477 e. The molecule has 158 valence electrons. The standard InChI is InChI=1S/C22H25N3O5/c1-12-10-22(12,19-23-20(28)30-24-19)25-16-5-4-13(8-15(16)9-17(25)18(26)27)14-6-7-29-21(2,3)11-14/h4-5,8-9,12,14H,6-7,10-11H2,1-3H3,(H,26,27)(H,23,24,28)/t12-,14-,22+/m1/s1. The zero-order valence-corrected chi connectivity index (χ0v) is 17.3. The van der Waals surface area contributed by atoms with E-state index in [4.69, 9.17) is 9.26 Å². The number of hydrogen-bond donors (Lipinski definition) is 2. The van der Waals surface area contributed by atoms with E-state index in [0.29, 0.717) is 18.2 Å². The van der Waals surface area contributed by atoms with Crippen molar-refractivity contribution in [3.8, 4) is 0 Å². The number of aromatic carboxylic acids is 1. The first-order valence-electron chi connectivity index (χ1n) is 10.3. The van der Waals surface area contributed by atoms with Crippen molar-refractivity contribution < 1.29 is 19.2 Å². The lowest BCUT2D eigenvalue weighted by Gasteiger charge is -2.35. The fourth-order valence-electron chi connectivity index (χ4n) is 5.16. The van der Waals surface area contributed by atoms with Crippen LogP contribution in [0.15, 0.2) is 33.6 Å². The van der Waals surface area contributed by atoms with Crippen LogP contribution in [0.5, 0.6) is 0 Å². The Bertz CT molecular complexity index is 1200. The van der Waals surface area contributed by atoms with Gasteiger partial charge in [-0.2, -0.15) is 0 Å². The van der Waals surface area contributed by atoms with Crippen LogP contribution >= 0.6 is 0 Å². The average Bonchev–Trinajstić information content (AvgIpc) is 3.03. The van der Waals surface area contributed by atoms with Gasteiger partial charge < -0.3 is 14.4 Å². The molecule has 30 heavy (non-hydrogen) atoms. The first-order chi connectivity index (χ1) is 14.2. The quantitative estimate of drug-likeness (QED) is 0.680. The number of rotatable bonds is 4. The Morgan fingerprint density at radius 3 is 2.67 bits per heavy atom. The number of ether oxygens (including phenoxy) is 1. The van der Waals surface area contributed by atoms with Gasteiger partial charge in [0, 0.05) is 17.5 Å². The van der Waals surface area contributed by atoms with Crippen LogP contribution < -0.4 is 5.76 Å². The van der Waals surface area contributed by atoms with Gasteiger partial charge in [-0.05, 0) is 68.7 Å². The Balaban J connectivity index is 1.65. The molecule has 0 bridgehead atoms. The van der Waals surface area contributed by atoms with E-state index in [1.54, 1.807) is 10.6 Å². The third-order valence-corrected chi connectivity index (χ3v) is 6.74. The number of fused-ring (bicyclic) bond motifs is 1. The number of nitrogens with one attached hydrogen (secondary N) is 1. The van der Waals surface area contributed by atoms with Crippen LogP contribution in [0.3, 0.4) is 0 Å². The highest BCUT2D eigenvalue weighted by Gasteiger charge is 2.59. The molecular weight excluding hydrogens is 386 g/mol. The molecule has 8 nitrogen and oxygen atoms in total. The first kappa shape index (κ1) is 19.1. The topological polar surface area (TPSA) is 110 Å². The number of aromatic nitrogens is 3. The summed E-state index contributed by atoms with van der Waals surface area (Å²) >= 11 is 0. The van der Waals surface area contributed by atoms with Crippen molar-refractivity contribution >= 4 is 16.9 Å². The van der Waals surface area contributed by atoms with E-state index in [1.807, 2.05) is 13.0 Å². The zero-order chi connectivity index (χ0) is 21.3. The highest BCUT2D eigenvalue weighted by Crippen LogP contribution is 2.55. The molecule has 3 heterocycles. The van der Waals surface area contributed by atoms with Crippen molar-refractivity contribution in [2.45, 2.75) is 57.1 Å². The third kappa shape index (κ3) is 2.81. The highest BCUT2D eigenvalue weighted by atomic mass is 16.5. The van der Waals surface area contributed by atoms with Gasteiger partial charge >= 0.3 is 11.7 Å². The van der Waals surface area contributed by atoms with Gasteiger partial charge in [0.25, 0.3) is 0 Å². The maximum Gasteiger partial charge on any atom is 0.438 e. The molecule has 1 aliphatic carbocycles. The maximum atomic E-state index is 12.1. The summed E-state index contributed by atoms with van der Waals surface area (Å²) in [6, 6.07) is 7.89. The van der Waals surface area contributed by atoms with E-state index < -0.39 is 17.3 Å². The van der Waals surface area contributed by atoms with Crippen LogP contribution in [0.1, 0.15) is 67.8 Å². The molecule has 1 aliphatic heterocycles. The predicted octanol–water partition coefficient (Wildman–Crippen LogP) is 3.47. The molecule has 1 aromatic carbocycles. The fraction of sp³-hybridized carbons (Fsp3) is 0.500. The fourth-order valence-corrected chi connectivity index (χ4v) is 5.16. The van der Waals surface area contributed by atoms with E-state index >= 15 is 0 Å². The normalized spacial score (nSPS) is 28.0. The van der Waals surface area contributed by atoms with Gasteiger partial charge in [0.05, 0.1) is 5.60 Å². The Hall–Kier alpha value is -2.87. The van der Waals surface area contributed by atoms with Crippen LogP contribution in [0.2, 0.25) is 0 Å². The number of carbonyl (C=O) groups is 1. The second-order valence-corrected chi connectivity index (χ2v) is 9.26. The molecule has 1 saturated carbocycles. The minimum atomic E-state index is -1.01. The van der Waals surface area contributed by atoms with Gasteiger partial charge in [-0.25, -0.2) is 9.59 Å². The second kappa shape index (κ2) is 6.31. The lowest BCUT2D eigenvalue weighted by atomic mass is 9.83. The van der Waals surface area contributed by atoms with E-state index in [9.17, 15) is 14.7 Å². The van der Waals surface area contributed by atoms with E-state index in [1.165, 1.54) is 5.56 Å². The molecule has 5 rings (SSSR count). The number of benzene rings is 1. The van der Waals surface area contributed by atoms with Crippen molar-refractivity contribution in [3.63, 3.8) is 0 Å². The summed E-state index contributed by atoms with van der Waals surface area (Å²) < 4.78 is 12.4. The number of carboxylic acids is 1. The van der Waals surface area contributed by atoms with Crippen molar-refractivity contribution in [1.82, 2.24) is 14.7 Å². The first-order valence-corrected chi connectivity index (χ1v) is 10.3. The van der Waals surface area contributed by atoms with E-state index in [-0.39, 0.29) is 17.2 Å². The molecule has 3 atom stereocenters. The Kier molecular flexibility index (Phi) is 4.02. The molecule has 2 aliphatic rings. The molecule has 2 N–H and O–H groups in total. The van der Waals surface area contributed by atoms with Gasteiger partial charge in [-0.15, -0.1) is 0 Å². The summed E-state index contributed by atoms with van der Waals surface area (Å²) in [5.74, 6) is -0.792. The monoisotopic (exact) mass is 411 g/mol. The van der Waals surface area contributed by atoms with E-state index in [2.05, 4.69) is 36.1 Å². The molecular formula is C22H25N3O5. The summed E-state index contributed by atoms with van der Waals surface area (Å²) in [6.45, 7) is 6.95. The zero-order valence-electron chi connectivity index (χ0n) is 17.3. The Labute approximate surface area is 172 Å². The molecule has 2 aromatic heterocycles. The summed E-state index contributed by atoms with van der Waals surface area (Å²) in [5, 5.41) is 14.7. The highest BCUT2D eigenvalue weighted by molar-refractivity contribution is 5.95. The van der Waals surface area contributed by atoms with Crippen molar-refractivity contribution in [3.05, 3.63) is 51.9 Å². The number of hydrogen-bond acceptors (Lipinski definition) is 5. The lowest BCUT2D eigenvalue weighted by molar-refractivity contribution is -0.0592. The van der Waals surface area contributed by atoms with Crippen LogP contribution in [0.25, 0.3) is 10.9 Å². The van der Waals surface area contributed by atoms with Crippen LogP contribution in [0, 0.1) is 5.92 Å². The van der Waals surface area contributed by atoms with E-state index in [0.717, 1.165) is 30.4 Å². The summed E-state index contributed by atoms with van der Waals surface area (Å²) in [5.41, 5.74) is 1.31. The molecule has 0 unspecified atom stereocenters. The smallest absolute Gasteiger partial charge is 0.438 e. The van der Waals surface area contributed by atoms with Gasteiger partial charge in [0.1, 0.15) is 11.2 Å². The molecule has 0 amide bonds. The van der Waals surface area contributed by atoms with Crippen LogP contribution in [-0.4, -0.2) is 38.0 Å². The molecule has 3 aromatic rings. The summed E-state index contributed by atoms with van der Waals surface area (Å²) in [6.07, 6.45) is 2.55. The number of H-pyrrole nitrogens is 1. The average molecular weight is 411 g/mol. The number of aromatic amines is 1. The predicted molar refractivity (Wildman–Crippen MR) is 109 cm³/mol. The molecule has 2 fully saturated rings. The molecule has 8 heteroatoms. The lowest BCUT2D eigenvalue weighted by Crippen LogP contribution is -2.32. The number of nitrogens with zero attached hydrogens (tertiary/aromatic N) is 2. The minimum absolute atomic E-state index is 0.114. The molecule has 1 saturated heterocycles. The largest absolute Gasteiger partial charge is 0.477 e. The SMILES string of the molecule is C[C@@H]1C[C@]1(c1noc(=O)[nH]1)n1c(C(=O)O)cc2cc([C@@H]3CCOC(C)(C)C3)ccc21. The third-order valence-electron chi connectivity index (χ3n) is 6.74. The second-order valence-electron chi connectivity index (χ2n) is 9.26. The maximum absolute atomic E-state index is 12.1. The van der Waals surface area contributed by atoms with Gasteiger partial charge in [0.2, 0.25) is 0 Å². The molecule has 0 radical (unpaired) electrons. The van der Waals surface area contributed by atoms with Gasteiger partial charge in [-0.1, -0.05) is 18.1 Å². The van der Waals surface area contributed by atoms with Crippen molar-refractivity contribution in [1.29, 1.82) is 0 Å². The van der Waals surface area contributed by atoms with Gasteiger partial charge in [-0.3, -0.25) is 9.51 Å². The Morgan fingerprint density at radius 2 is 2.07 bits per heavy atom.